The van der Waals surface area contributed by atoms with E-state index in [9.17, 15) is 30.0 Å². The van der Waals surface area contributed by atoms with E-state index in [0.717, 1.165) is 13.8 Å². The van der Waals surface area contributed by atoms with Crippen molar-refractivity contribution in [1.82, 2.24) is 0 Å². The third-order valence-corrected chi connectivity index (χ3v) is 5.65. The van der Waals surface area contributed by atoms with E-state index in [1.165, 1.54) is 28.1 Å². The fourth-order valence-corrected chi connectivity index (χ4v) is 4.00. The molecule has 0 radical (unpaired) electrons. The summed E-state index contributed by atoms with van der Waals surface area (Å²) in [5, 5.41) is 44.0. The SMILES string of the molecule is COC1=C(C)C(=O)[C@](C)(O)[C@@]2(O)O[C@@]3(O)C(=C12)C(OC)=C(C)C(=O)[C@]3(C)O. The Morgan fingerprint density at radius 2 is 1.04 bits per heavy atom. The molecule has 0 aromatic rings. The second kappa shape index (κ2) is 5.27. The number of carbonyl (C=O) groups is 2. The number of rotatable bonds is 2. The van der Waals surface area contributed by atoms with Gasteiger partial charge in [0.15, 0.2) is 22.8 Å². The maximum absolute atomic E-state index is 12.6. The molecule has 0 saturated carbocycles. The highest BCUT2D eigenvalue weighted by Crippen LogP contribution is 2.59. The fraction of sp³-hybridized carbons (Fsp3) is 0.556. The van der Waals surface area contributed by atoms with Gasteiger partial charge in [-0.1, -0.05) is 0 Å². The first-order valence-corrected chi connectivity index (χ1v) is 8.19. The molecule has 0 fully saturated rings. The Hall–Kier alpha value is -2.04. The van der Waals surface area contributed by atoms with E-state index in [1.807, 2.05) is 0 Å². The van der Waals surface area contributed by atoms with Crippen LogP contribution in [0.25, 0.3) is 0 Å². The Morgan fingerprint density at radius 1 is 0.741 bits per heavy atom. The first-order chi connectivity index (χ1) is 12.2. The van der Waals surface area contributed by atoms with Crippen LogP contribution in [0.5, 0.6) is 0 Å². The topological polar surface area (TPSA) is 143 Å². The van der Waals surface area contributed by atoms with Gasteiger partial charge in [0.05, 0.1) is 25.4 Å². The zero-order valence-electron chi connectivity index (χ0n) is 15.8. The number of carbonyl (C=O) groups excluding carboxylic acids is 2. The monoisotopic (exact) mass is 382 g/mol. The molecule has 9 nitrogen and oxygen atoms in total. The summed E-state index contributed by atoms with van der Waals surface area (Å²) in [6, 6.07) is 0. The molecule has 0 unspecified atom stereocenters. The van der Waals surface area contributed by atoms with Crippen molar-refractivity contribution in [2.45, 2.75) is 50.5 Å². The molecule has 27 heavy (non-hydrogen) atoms. The predicted octanol–water partition coefficient (Wildman–Crippen LogP) is -0.801. The zero-order chi connectivity index (χ0) is 20.7. The average Bonchev–Trinajstić information content (AvgIpc) is 2.84. The van der Waals surface area contributed by atoms with Crippen molar-refractivity contribution in [3.63, 3.8) is 0 Å². The highest BCUT2D eigenvalue weighted by atomic mass is 16.7. The number of ketones is 2. The van der Waals surface area contributed by atoms with Gasteiger partial charge >= 0.3 is 0 Å². The molecule has 0 aromatic heterocycles. The van der Waals surface area contributed by atoms with Gasteiger partial charge < -0.3 is 34.6 Å². The Balaban J connectivity index is 2.56. The van der Waals surface area contributed by atoms with Gasteiger partial charge in [0.1, 0.15) is 11.5 Å². The van der Waals surface area contributed by atoms with Crippen LogP contribution in [0.2, 0.25) is 0 Å². The normalized spacial score (nSPS) is 41.9. The number of methoxy groups -OCH3 is 2. The van der Waals surface area contributed by atoms with Crippen LogP contribution < -0.4 is 0 Å². The van der Waals surface area contributed by atoms with E-state index in [0.29, 0.717) is 0 Å². The number of aliphatic hydroxyl groups is 4. The van der Waals surface area contributed by atoms with Crippen molar-refractivity contribution in [2.24, 2.45) is 0 Å². The van der Waals surface area contributed by atoms with Gasteiger partial charge in [0.25, 0.3) is 0 Å². The van der Waals surface area contributed by atoms with Crippen molar-refractivity contribution in [2.75, 3.05) is 14.2 Å². The van der Waals surface area contributed by atoms with Crippen molar-refractivity contribution in [1.29, 1.82) is 0 Å². The Morgan fingerprint density at radius 3 is 1.30 bits per heavy atom. The van der Waals surface area contributed by atoms with E-state index in [4.69, 9.17) is 14.2 Å². The quantitative estimate of drug-likeness (QED) is 0.482. The average molecular weight is 382 g/mol. The second-order valence-electron chi connectivity index (χ2n) is 7.26. The molecule has 0 amide bonds. The summed E-state index contributed by atoms with van der Waals surface area (Å²) in [5.74, 6) is -7.74. The summed E-state index contributed by atoms with van der Waals surface area (Å²) in [5.41, 5.74) is -5.74. The highest BCUT2D eigenvalue weighted by molar-refractivity contribution is 6.08. The smallest absolute Gasteiger partial charge is 0.236 e. The molecule has 3 rings (SSSR count). The van der Waals surface area contributed by atoms with E-state index in [2.05, 4.69) is 0 Å². The third kappa shape index (κ3) is 1.90. The largest absolute Gasteiger partial charge is 0.496 e. The Labute approximate surface area is 155 Å². The lowest BCUT2D eigenvalue weighted by Crippen LogP contribution is -2.67. The van der Waals surface area contributed by atoms with Gasteiger partial charge in [-0.2, -0.15) is 0 Å². The number of hydrogen-bond acceptors (Lipinski definition) is 9. The van der Waals surface area contributed by atoms with Gasteiger partial charge in [0, 0.05) is 11.1 Å². The number of Topliss-reactive ketones (excluding diaryl/α,β-unsaturated/α-hetero) is 2. The number of hydrogen-bond donors (Lipinski definition) is 4. The molecule has 0 spiro atoms. The minimum absolute atomic E-state index is 0.0350. The minimum atomic E-state index is -2.81. The standard InChI is InChI=1S/C18H22O9/c1-7-11(25-5)9-10-12(26-6)8(2)14(20)16(4,22)18(10,24)27-17(9,23)15(3,21)13(7)19/h21-24H,1-6H3/t15-,16-,17-,18-/m0/s1. The lowest BCUT2D eigenvalue weighted by molar-refractivity contribution is -0.357. The maximum Gasteiger partial charge on any atom is 0.236 e. The Kier molecular flexibility index (Phi) is 3.85. The van der Waals surface area contributed by atoms with Gasteiger partial charge in [-0.25, -0.2) is 0 Å². The summed E-state index contributed by atoms with van der Waals surface area (Å²) in [4.78, 5) is 25.2. The number of ether oxygens (including phenoxy) is 3. The van der Waals surface area contributed by atoms with E-state index in [-0.39, 0.29) is 33.8 Å². The molecule has 0 aromatic carbocycles. The molecule has 9 heteroatoms. The number of fused-ring (bicyclic) bond motifs is 2. The van der Waals surface area contributed by atoms with Gasteiger partial charge in [-0.15, -0.1) is 0 Å². The first kappa shape index (κ1) is 19.7. The van der Waals surface area contributed by atoms with Gasteiger partial charge in [-0.05, 0) is 27.7 Å². The molecule has 2 aliphatic carbocycles. The molecular formula is C18H22O9. The van der Waals surface area contributed by atoms with Crippen LogP contribution in [-0.4, -0.2) is 69.0 Å². The first-order valence-electron chi connectivity index (χ1n) is 8.19. The van der Waals surface area contributed by atoms with Gasteiger partial charge in [-0.3, -0.25) is 9.59 Å². The van der Waals surface area contributed by atoms with Crippen LogP contribution in [0.1, 0.15) is 27.7 Å². The van der Waals surface area contributed by atoms with Crippen molar-refractivity contribution in [3.8, 4) is 0 Å². The lowest BCUT2D eigenvalue weighted by Gasteiger charge is -2.45. The summed E-state index contributed by atoms with van der Waals surface area (Å²) >= 11 is 0. The molecule has 4 N–H and O–H groups in total. The Bertz CT molecular complexity index is 803. The van der Waals surface area contributed by atoms with Crippen LogP contribution in [0.15, 0.2) is 33.8 Å². The minimum Gasteiger partial charge on any atom is -0.496 e. The molecular weight excluding hydrogens is 360 g/mol. The van der Waals surface area contributed by atoms with Gasteiger partial charge in [0.2, 0.25) is 11.6 Å². The summed E-state index contributed by atoms with van der Waals surface area (Å²) < 4.78 is 15.9. The molecule has 148 valence electrons. The fourth-order valence-electron chi connectivity index (χ4n) is 4.00. The summed E-state index contributed by atoms with van der Waals surface area (Å²) in [6.07, 6.45) is 0. The van der Waals surface area contributed by atoms with E-state index in [1.54, 1.807) is 0 Å². The molecule has 4 atom stereocenters. The molecule has 1 heterocycles. The van der Waals surface area contributed by atoms with Crippen molar-refractivity contribution >= 4 is 11.6 Å². The predicted molar refractivity (Wildman–Crippen MR) is 88.7 cm³/mol. The van der Waals surface area contributed by atoms with Crippen LogP contribution in [0, 0.1) is 0 Å². The van der Waals surface area contributed by atoms with E-state index >= 15 is 0 Å². The molecule has 0 bridgehead atoms. The summed E-state index contributed by atoms with van der Waals surface area (Å²) in [7, 11) is 2.46. The summed E-state index contributed by atoms with van der Waals surface area (Å²) in [6.45, 7) is 4.75. The lowest BCUT2D eigenvalue weighted by atomic mass is 9.71. The molecule has 3 aliphatic rings. The van der Waals surface area contributed by atoms with Crippen molar-refractivity contribution in [3.05, 3.63) is 33.8 Å². The van der Waals surface area contributed by atoms with Crippen LogP contribution in [0.3, 0.4) is 0 Å². The van der Waals surface area contributed by atoms with Crippen molar-refractivity contribution < 1.29 is 44.2 Å². The highest BCUT2D eigenvalue weighted by Gasteiger charge is 2.75. The van der Waals surface area contributed by atoms with Crippen LogP contribution in [0.4, 0.5) is 0 Å². The van der Waals surface area contributed by atoms with E-state index < -0.39 is 34.3 Å². The molecule has 0 saturated heterocycles. The van der Waals surface area contributed by atoms with Crippen LogP contribution in [-0.2, 0) is 23.8 Å². The second-order valence-corrected chi connectivity index (χ2v) is 7.26. The molecule has 1 aliphatic heterocycles. The van der Waals surface area contributed by atoms with Crippen LogP contribution >= 0.6 is 0 Å². The maximum atomic E-state index is 12.6. The zero-order valence-corrected chi connectivity index (χ0v) is 15.8. The third-order valence-electron chi connectivity index (χ3n) is 5.65.